The quantitative estimate of drug-likeness (QED) is 0.0420. The maximum Gasteiger partial charge on any atom is 0.466 e. The van der Waals surface area contributed by atoms with E-state index < -0.39 is 15.1 Å². The highest BCUT2D eigenvalue weighted by atomic mass is 31.2. The first-order valence-corrected chi connectivity index (χ1v) is 32.4. The predicted octanol–water partition coefficient (Wildman–Crippen LogP) is 20.3. The van der Waals surface area contributed by atoms with Gasteiger partial charge in [0.15, 0.2) is 0 Å². The normalized spacial score (nSPS) is 12.6. The summed E-state index contributed by atoms with van der Waals surface area (Å²) in [6.45, 7) is 21.7. The Kier molecular flexibility index (Phi) is 47.2. The van der Waals surface area contributed by atoms with E-state index in [2.05, 4.69) is 62.3 Å². The third-order valence-corrected chi connectivity index (χ3v) is 19.3. The third kappa shape index (κ3) is 48.5. The number of hydrogen-bond donors (Lipinski definition) is 3. The Morgan fingerprint density at radius 2 is 0.532 bits per heavy atom. The Balaban J connectivity index is 0. The number of unbranched alkanes of at least 4 members (excludes halogenated alkanes) is 25. The fourth-order valence-corrected chi connectivity index (χ4v) is 15.2. The van der Waals surface area contributed by atoms with Crippen molar-refractivity contribution in [3.05, 3.63) is 0 Å². The SMILES string of the molecule is CCCCCCCCCCCCCC[P+](CCCCCC)(CCCCCC)CCCCCC(CCCCCC(C)C)(CCCCCC(C)C)CCCCCC(C)C.O=P(O)(O)O. The van der Waals surface area contributed by atoms with Crippen LogP contribution in [0.4, 0.5) is 0 Å². The van der Waals surface area contributed by atoms with Crippen LogP contribution in [0.5, 0.6) is 0 Å². The molecule has 0 aromatic heterocycles. The second-order valence-electron chi connectivity index (χ2n) is 22.0. The Morgan fingerprint density at radius 3 is 0.774 bits per heavy atom. The van der Waals surface area contributed by atoms with Crippen LogP contribution >= 0.6 is 15.1 Å². The zero-order chi connectivity index (χ0) is 46.6. The van der Waals surface area contributed by atoms with E-state index in [0.717, 1.165) is 17.8 Å². The van der Waals surface area contributed by atoms with Crippen LogP contribution < -0.4 is 0 Å². The molecule has 62 heavy (non-hydrogen) atoms. The van der Waals surface area contributed by atoms with Gasteiger partial charge in [0.2, 0.25) is 0 Å². The first-order valence-electron chi connectivity index (χ1n) is 28.3. The van der Waals surface area contributed by atoms with Gasteiger partial charge < -0.3 is 14.7 Å². The van der Waals surface area contributed by atoms with Gasteiger partial charge in [0.1, 0.15) is 0 Å². The number of phosphoric acid groups is 1. The Labute approximate surface area is 393 Å². The molecule has 0 unspecified atom stereocenters. The second kappa shape index (κ2) is 45.3. The van der Waals surface area contributed by atoms with Crippen molar-refractivity contribution in [3.8, 4) is 0 Å². The van der Waals surface area contributed by atoms with Crippen molar-refractivity contribution >= 4 is 15.1 Å². The Morgan fingerprint density at radius 1 is 0.339 bits per heavy atom. The van der Waals surface area contributed by atoms with E-state index in [9.17, 15) is 0 Å². The van der Waals surface area contributed by atoms with Crippen LogP contribution in [0.2, 0.25) is 0 Å². The minimum atomic E-state index is -4.64. The van der Waals surface area contributed by atoms with E-state index >= 15 is 0 Å². The van der Waals surface area contributed by atoms with Gasteiger partial charge >= 0.3 is 7.82 Å². The van der Waals surface area contributed by atoms with Crippen molar-refractivity contribution in [2.24, 2.45) is 23.2 Å². The van der Waals surface area contributed by atoms with Crippen LogP contribution in [0.3, 0.4) is 0 Å². The number of rotatable bonds is 47. The van der Waals surface area contributed by atoms with Gasteiger partial charge in [-0.1, -0.05) is 236 Å². The van der Waals surface area contributed by atoms with Crippen LogP contribution in [0.1, 0.15) is 313 Å². The summed E-state index contributed by atoms with van der Waals surface area (Å²) in [5.41, 5.74) is 0.634. The molecule has 0 aliphatic carbocycles. The zero-order valence-corrected chi connectivity index (χ0v) is 46.1. The van der Waals surface area contributed by atoms with Crippen molar-refractivity contribution in [1.29, 1.82) is 0 Å². The molecule has 0 aliphatic rings. The minimum absolute atomic E-state index is 0.634. The van der Waals surface area contributed by atoms with Gasteiger partial charge in [0, 0.05) is 7.26 Å². The van der Waals surface area contributed by atoms with Crippen LogP contribution in [0, 0.1) is 23.2 Å². The van der Waals surface area contributed by atoms with Crippen LogP contribution in [0.15, 0.2) is 0 Å². The van der Waals surface area contributed by atoms with Gasteiger partial charge in [-0.25, -0.2) is 4.57 Å². The molecule has 0 saturated heterocycles. The average Bonchev–Trinajstić information content (AvgIpc) is 3.20. The molecule has 0 heterocycles. The summed E-state index contributed by atoms with van der Waals surface area (Å²) < 4.78 is 8.88. The summed E-state index contributed by atoms with van der Waals surface area (Å²) in [6.07, 6.45) is 64.5. The average molecular weight is 919 g/mol. The molecule has 6 heteroatoms. The zero-order valence-electron chi connectivity index (χ0n) is 44.3. The van der Waals surface area contributed by atoms with Crippen molar-refractivity contribution in [2.45, 2.75) is 313 Å². The molecule has 0 atom stereocenters. The van der Waals surface area contributed by atoms with Crippen LogP contribution in [0.25, 0.3) is 0 Å². The molecule has 0 amide bonds. The lowest BCUT2D eigenvalue weighted by Gasteiger charge is -2.35. The molecule has 0 rings (SSSR count). The van der Waals surface area contributed by atoms with Gasteiger partial charge in [-0.05, 0) is 100 Å². The molecule has 0 fully saturated rings. The lowest BCUT2D eigenvalue weighted by atomic mass is 9.70. The largest absolute Gasteiger partial charge is 0.466 e. The smallest absolute Gasteiger partial charge is 0.303 e. The highest BCUT2D eigenvalue weighted by Crippen LogP contribution is 2.61. The molecule has 0 aliphatic heterocycles. The first kappa shape index (κ1) is 64.6. The Hall–Kier alpha value is 0.540. The fourth-order valence-electron chi connectivity index (χ4n) is 10.3. The molecule has 0 saturated carbocycles. The summed E-state index contributed by atoms with van der Waals surface area (Å²) in [4.78, 5) is 21.6. The second-order valence-corrected chi connectivity index (χ2v) is 27.5. The third-order valence-electron chi connectivity index (χ3n) is 14.3. The van der Waals surface area contributed by atoms with E-state index in [1.54, 1.807) is 56.8 Å². The lowest BCUT2D eigenvalue weighted by molar-refractivity contribution is 0.171. The summed E-state index contributed by atoms with van der Waals surface area (Å²) in [7, 11) is -5.48. The molecule has 4 nitrogen and oxygen atoms in total. The van der Waals surface area contributed by atoms with Crippen LogP contribution in [-0.4, -0.2) is 39.3 Å². The fraction of sp³-hybridized carbons (Fsp3) is 1.00. The summed E-state index contributed by atoms with van der Waals surface area (Å²) >= 11 is 0. The Bertz CT molecular complexity index is 865. The monoisotopic (exact) mass is 918 g/mol. The first-order chi connectivity index (χ1) is 29.6. The van der Waals surface area contributed by atoms with E-state index in [-0.39, 0.29) is 0 Å². The van der Waals surface area contributed by atoms with E-state index in [1.165, 1.54) is 218 Å². The maximum absolute atomic E-state index is 8.88. The van der Waals surface area contributed by atoms with Crippen molar-refractivity contribution in [3.63, 3.8) is 0 Å². The topological polar surface area (TPSA) is 77.8 Å². The molecule has 0 aromatic rings. The predicted molar refractivity (Wildman–Crippen MR) is 285 cm³/mol. The molecule has 0 bridgehead atoms. The minimum Gasteiger partial charge on any atom is -0.303 e. The maximum atomic E-state index is 8.88. The molecular weight excluding hydrogens is 799 g/mol. The standard InChI is InChI=1S/C56H116P.H3O4P/c1-10-13-16-19-20-21-22-23-24-25-26-40-51-57(49-38-17-14-11-2,50-39-18-15-12-3)52-41-30-37-48-56(45-34-27-31-42-53(4)5,46-35-28-32-43-54(6)7)47-36-29-33-44-55(8)9;1-5(2,3)4/h53-55H,10-52H2,1-9H3;(H3,1,2,3,4)/q+1;. The summed E-state index contributed by atoms with van der Waals surface area (Å²) in [5.74, 6) is 2.60. The highest BCUT2D eigenvalue weighted by molar-refractivity contribution is 7.75. The van der Waals surface area contributed by atoms with Crippen molar-refractivity contribution < 1.29 is 19.2 Å². The molecular formula is C56H119O4P2+. The van der Waals surface area contributed by atoms with Gasteiger partial charge in [-0.15, -0.1) is 0 Å². The van der Waals surface area contributed by atoms with E-state index in [1.807, 2.05) is 0 Å². The van der Waals surface area contributed by atoms with Crippen molar-refractivity contribution in [2.75, 3.05) is 24.6 Å². The van der Waals surface area contributed by atoms with Gasteiger partial charge in [-0.3, -0.25) is 0 Å². The van der Waals surface area contributed by atoms with Crippen LogP contribution in [-0.2, 0) is 4.57 Å². The molecule has 376 valence electrons. The highest BCUT2D eigenvalue weighted by Gasteiger charge is 2.35. The molecule has 0 aromatic carbocycles. The number of hydrogen-bond acceptors (Lipinski definition) is 1. The molecule has 0 spiro atoms. The van der Waals surface area contributed by atoms with Crippen molar-refractivity contribution in [1.82, 2.24) is 0 Å². The summed E-state index contributed by atoms with van der Waals surface area (Å²) in [5, 5.41) is 0. The molecule has 0 radical (unpaired) electrons. The van der Waals surface area contributed by atoms with Gasteiger partial charge in [0.25, 0.3) is 0 Å². The van der Waals surface area contributed by atoms with Gasteiger partial charge in [-0.2, -0.15) is 0 Å². The summed E-state index contributed by atoms with van der Waals surface area (Å²) in [6, 6.07) is 0. The van der Waals surface area contributed by atoms with Gasteiger partial charge in [0.05, 0.1) is 24.6 Å². The van der Waals surface area contributed by atoms with E-state index in [4.69, 9.17) is 19.2 Å². The molecule has 3 N–H and O–H groups in total. The van der Waals surface area contributed by atoms with E-state index in [0.29, 0.717) is 5.41 Å². The lowest BCUT2D eigenvalue weighted by Crippen LogP contribution is -2.22.